The lowest BCUT2D eigenvalue weighted by atomic mass is 10.1. The van der Waals surface area contributed by atoms with Crippen molar-refractivity contribution in [2.24, 2.45) is 0 Å². The number of hydrogen-bond donors (Lipinski definition) is 1. The normalized spacial score (nSPS) is 11.0. The fourth-order valence-electron chi connectivity index (χ4n) is 2.87. The summed E-state index contributed by atoms with van der Waals surface area (Å²) in [5, 5.41) is 2.85. The monoisotopic (exact) mass is 431 g/mol. The molecule has 0 saturated heterocycles. The van der Waals surface area contributed by atoms with Crippen LogP contribution in [-0.2, 0) is 0 Å². The van der Waals surface area contributed by atoms with Gasteiger partial charge in [0, 0.05) is 18.0 Å². The van der Waals surface area contributed by atoms with Crippen molar-refractivity contribution < 1.29 is 9.53 Å². The fourth-order valence-corrected chi connectivity index (χ4v) is 4.33. The largest absolute Gasteiger partial charge is 0.495 e. The zero-order chi connectivity index (χ0) is 19.8. The van der Waals surface area contributed by atoms with Crippen molar-refractivity contribution in [1.82, 2.24) is 9.38 Å². The van der Waals surface area contributed by atoms with Crippen LogP contribution in [0.5, 0.6) is 5.75 Å². The first-order chi connectivity index (χ1) is 13.4. The third kappa shape index (κ3) is 3.58. The van der Waals surface area contributed by atoms with Crippen molar-refractivity contribution in [1.29, 1.82) is 0 Å². The average molecular weight is 432 g/mol. The molecule has 4 rings (SSSR count). The Morgan fingerprint density at radius 1 is 1.21 bits per heavy atom. The molecule has 3 aromatic heterocycles. The number of nitrogens with zero attached hydrogens (tertiary/aromatic N) is 2. The van der Waals surface area contributed by atoms with E-state index in [9.17, 15) is 4.79 Å². The molecule has 1 aromatic carbocycles. The zero-order valence-electron chi connectivity index (χ0n) is 15.0. The smallest absolute Gasteiger partial charge is 0.258 e. The Balaban J connectivity index is 1.70. The number of carbonyl (C=O) groups is 1. The number of aromatic nitrogens is 2. The first kappa shape index (κ1) is 18.8. The highest BCUT2D eigenvalue weighted by atomic mass is 35.5. The number of amides is 1. The number of benzene rings is 1. The predicted octanol–water partition coefficient (Wildman–Crippen LogP) is 5.94. The highest BCUT2D eigenvalue weighted by molar-refractivity contribution is 7.20. The topological polar surface area (TPSA) is 55.6 Å². The van der Waals surface area contributed by atoms with Gasteiger partial charge in [-0.15, -0.1) is 11.3 Å². The van der Waals surface area contributed by atoms with Crippen LogP contribution in [0.1, 0.15) is 15.9 Å². The van der Waals surface area contributed by atoms with E-state index in [1.807, 2.05) is 48.0 Å². The molecule has 0 aliphatic carbocycles. The Morgan fingerprint density at radius 2 is 2.04 bits per heavy atom. The van der Waals surface area contributed by atoms with Crippen molar-refractivity contribution in [3.63, 3.8) is 0 Å². The lowest BCUT2D eigenvalue weighted by Gasteiger charge is -2.11. The van der Waals surface area contributed by atoms with Crippen molar-refractivity contribution in [2.45, 2.75) is 6.92 Å². The summed E-state index contributed by atoms with van der Waals surface area (Å²) >= 11 is 13.2. The van der Waals surface area contributed by atoms with Gasteiger partial charge in [-0.3, -0.25) is 4.79 Å². The third-order valence-electron chi connectivity index (χ3n) is 4.26. The van der Waals surface area contributed by atoms with Crippen molar-refractivity contribution in [2.75, 3.05) is 12.4 Å². The maximum absolute atomic E-state index is 12.6. The van der Waals surface area contributed by atoms with Crippen LogP contribution >= 0.6 is 34.5 Å². The number of ether oxygens (including phenoxy) is 1. The Hall–Kier alpha value is -2.54. The maximum Gasteiger partial charge on any atom is 0.258 e. The molecule has 0 fully saturated rings. The Labute approximate surface area is 175 Å². The number of aryl methyl sites for hydroxylation is 1. The van der Waals surface area contributed by atoms with Crippen LogP contribution in [-0.4, -0.2) is 22.4 Å². The molecule has 0 aliphatic rings. The molecule has 0 bridgehead atoms. The SMILES string of the molecule is COc1ccc(-c2cn3ccc(C)cc3n2)cc1NC(=O)c1cc(Cl)sc1Cl. The molecule has 0 unspecified atom stereocenters. The summed E-state index contributed by atoms with van der Waals surface area (Å²) in [5.41, 5.74) is 4.49. The molecule has 0 saturated carbocycles. The van der Waals surface area contributed by atoms with Crippen LogP contribution < -0.4 is 10.1 Å². The number of fused-ring (bicyclic) bond motifs is 1. The van der Waals surface area contributed by atoms with Crippen LogP contribution in [0, 0.1) is 6.92 Å². The number of hydrogen-bond acceptors (Lipinski definition) is 4. The van der Waals surface area contributed by atoms with E-state index in [2.05, 4.69) is 10.3 Å². The van der Waals surface area contributed by atoms with Crippen LogP contribution in [0.15, 0.2) is 48.8 Å². The molecule has 1 N–H and O–H groups in total. The molecule has 8 heteroatoms. The Kier molecular flexibility index (Phi) is 5.02. The highest BCUT2D eigenvalue weighted by Gasteiger charge is 2.17. The zero-order valence-corrected chi connectivity index (χ0v) is 17.3. The summed E-state index contributed by atoms with van der Waals surface area (Å²) in [6, 6.07) is 11.1. The molecule has 0 atom stereocenters. The number of thiophene rings is 1. The number of rotatable bonds is 4. The van der Waals surface area contributed by atoms with Gasteiger partial charge in [0.15, 0.2) is 0 Å². The minimum absolute atomic E-state index is 0.326. The van der Waals surface area contributed by atoms with Gasteiger partial charge in [-0.2, -0.15) is 0 Å². The quantitative estimate of drug-likeness (QED) is 0.434. The molecule has 5 nitrogen and oxygen atoms in total. The van der Waals surface area contributed by atoms with E-state index >= 15 is 0 Å². The third-order valence-corrected chi connectivity index (χ3v) is 5.75. The van der Waals surface area contributed by atoms with Gasteiger partial charge in [0.25, 0.3) is 5.91 Å². The summed E-state index contributed by atoms with van der Waals surface area (Å²) in [6.07, 6.45) is 3.91. The first-order valence-corrected chi connectivity index (χ1v) is 9.92. The van der Waals surface area contributed by atoms with Gasteiger partial charge >= 0.3 is 0 Å². The molecule has 28 heavy (non-hydrogen) atoms. The molecule has 0 aliphatic heterocycles. The molecule has 3 heterocycles. The van der Waals surface area contributed by atoms with Gasteiger partial charge in [-0.05, 0) is 48.9 Å². The highest BCUT2D eigenvalue weighted by Crippen LogP contribution is 2.34. The van der Waals surface area contributed by atoms with Crippen LogP contribution in [0.2, 0.25) is 8.67 Å². The van der Waals surface area contributed by atoms with Gasteiger partial charge in [-0.1, -0.05) is 23.2 Å². The van der Waals surface area contributed by atoms with E-state index in [1.54, 1.807) is 19.2 Å². The molecule has 0 radical (unpaired) electrons. The standard InChI is InChI=1S/C20H15Cl2N3O2S/c1-11-5-6-25-10-15(23-18(25)7-11)12-3-4-16(27-2)14(8-12)24-20(26)13-9-17(21)28-19(13)22/h3-10H,1-2H3,(H,24,26). The molecular formula is C20H15Cl2N3O2S. The van der Waals surface area contributed by atoms with Gasteiger partial charge in [-0.25, -0.2) is 4.98 Å². The first-order valence-electron chi connectivity index (χ1n) is 8.34. The van der Waals surface area contributed by atoms with E-state index in [0.29, 0.717) is 25.7 Å². The van der Waals surface area contributed by atoms with Crippen LogP contribution in [0.25, 0.3) is 16.9 Å². The minimum atomic E-state index is -0.353. The number of anilines is 1. The summed E-state index contributed by atoms with van der Waals surface area (Å²) in [4.78, 5) is 17.3. The van der Waals surface area contributed by atoms with E-state index in [-0.39, 0.29) is 5.91 Å². The van der Waals surface area contributed by atoms with E-state index < -0.39 is 0 Å². The summed E-state index contributed by atoms with van der Waals surface area (Å²) < 4.78 is 8.14. The molecule has 142 valence electrons. The number of halogens is 2. The van der Waals surface area contributed by atoms with Crippen molar-refractivity contribution in [3.05, 3.63) is 68.6 Å². The van der Waals surface area contributed by atoms with E-state index in [1.165, 1.54) is 0 Å². The Bertz CT molecular complexity index is 1200. The molecule has 1 amide bonds. The Morgan fingerprint density at radius 3 is 2.75 bits per heavy atom. The van der Waals surface area contributed by atoms with Gasteiger partial charge < -0.3 is 14.5 Å². The fraction of sp³-hybridized carbons (Fsp3) is 0.100. The number of imidazole rings is 1. The lowest BCUT2D eigenvalue weighted by Crippen LogP contribution is -2.12. The number of nitrogens with one attached hydrogen (secondary N) is 1. The van der Waals surface area contributed by atoms with Crippen LogP contribution in [0.4, 0.5) is 5.69 Å². The average Bonchev–Trinajstić information content (AvgIpc) is 3.23. The number of pyridine rings is 1. The van der Waals surface area contributed by atoms with Gasteiger partial charge in [0.1, 0.15) is 15.7 Å². The predicted molar refractivity (Wildman–Crippen MR) is 114 cm³/mol. The molecule has 0 spiro atoms. The summed E-state index contributed by atoms with van der Waals surface area (Å²) in [5.74, 6) is 0.184. The van der Waals surface area contributed by atoms with Crippen molar-refractivity contribution >= 4 is 51.8 Å². The maximum atomic E-state index is 12.6. The summed E-state index contributed by atoms with van der Waals surface area (Å²) in [7, 11) is 1.55. The second kappa shape index (κ2) is 7.47. The van der Waals surface area contributed by atoms with Crippen LogP contribution in [0.3, 0.4) is 0 Å². The minimum Gasteiger partial charge on any atom is -0.495 e. The van der Waals surface area contributed by atoms with Crippen molar-refractivity contribution in [3.8, 4) is 17.0 Å². The second-order valence-electron chi connectivity index (χ2n) is 6.20. The van der Waals surface area contributed by atoms with E-state index in [4.69, 9.17) is 27.9 Å². The van der Waals surface area contributed by atoms with Gasteiger partial charge in [0.05, 0.1) is 28.4 Å². The van der Waals surface area contributed by atoms with E-state index in [0.717, 1.165) is 33.8 Å². The molecular weight excluding hydrogens is 417 g/mol. The summed E-state index contributed by atoms with van der Waals surface area (Å²) in [6.45, 7) is 2.02. The number of carbonyl (C=O) groups excluding carboxylic acids is 1. The lowest BCUT2D eigenvalue weighted by molar-refractivity contribution is 0.102. The second-order valence-corrected chi connectivity index (χ2v) is 8.49. The molecule has 4 aromatic rings. The number of methoxy groups -OCH3 is 1. The van der Waals surface area contributed by atoms with Gasteiger partial charge in [0.2, 0.25) is 0 Å².